The van der Waals surface area contributed by atoms with Crippen LogP contribution in [0.1, 0.15) is 29.2 Å². The zero-order chi connectivity index (χ0) is 13.1. The summed E-state index contributed by atoms with van der Waals surface area (Å²) in [4.78, 5) is 0. The second-order valence-electron chi connectivity index (χ2n) is 4.28. The first-order chi connectivity index (χ1) is 8.65. The highest BCUT2D eigenvalue weighted by atomic mass is 19.3. The van der Waals surface area contributed by atoms with Crippen molar-refractivity contribution in [3.8, 4) is 5.75 Å². The minimum Gasteiger partial charge on any atom is -0.496 e. The Balaban J connectivity index is 2.45. The Bertz CT molecular complexity index is 418. The second-order valence-corrected chi connectivity index (χ2v) is 4.28. The molecule has 0 radical (unpaired) electrons. The van der Waals surface area contributed by atoms with Crippen molar-refractivity contribution in [3.63, 3.8) is 0 Å². The van der Waals surface area contributed by atoms with E-state index in [0.717, 1.165) is 17.7 Å². The molecule has 18 heavy (non-hydrogen) atoms. The molecule has 1 aliphatic heterocycles. The number of benzene rings is 1. The van der Waals surface area contributed by atoms with Crippen molar-refractivity contribution >= 4 is 0 Å². The van der Waals surface area contributed by atoms with Crippen molar-refractivity contribution in [1.82, 2.24) is 5.32 Å². The van der Waals surface area contributed by atoms with E-state index in [-0.39, 0.29) is 17.4 Å². The Labute approximate surface area is 105 Å². The third-order valence-electron chi connectivity index (χ3n) is 3.13. The molecule has 2 rings (SSSR count). The highest BCUT2D eigenvalue weighted by molar-refractivity contribution is 5.48. The number of methoxy groups -OCH3 is 1. The first-order valence-corrected chi connectivity index (χ1v) is 5.93. The van der Waals surface area contributed by atoms with Crippen LogP contribution in [-0.2, 0) is 4.74 Å². The number of hydrogen-bond donors (Lipinski definition) is 1. The first-order valence-electron chi connectivity index (χ1n) is 5.93. The minimum absolute atomic E-state index is 0.0766. The summed E-state index contributed by atoms with van der Waals surface area (Å²) in [6, 6.07) is 3.11. The minimum atomic E-state index is -2.55. The van der Waals surface area contributed by atoms with Gasteiger partial charge in [0.05, 0.1) is 25.4 Å². The molecule has 0 amide bonds. The van der Waals surface area contributed by atoms with Crippen LogP contribution < -0.4 is 10.1 Å². The number of rotatable bonds is 3. The quantitative estimate of drug-likeness (QED) is 0.902. The molecule has 100 valence electrons. The van der Waals surface area contributed by atoms with Gasteiger partial charge >= 0.3 is 0 Å². The zero-order valence-corrected chi connectivity index (χ0v) is 10.5. The van der Waals surface area contributed by atoms with Gasteiger partial charge in [0.2, 0.25) is 0 Å². The molecule has 3 nitrogen and oxygen atoms in total. The molecule has 1 saturated heterocycles. The van der Waals surface area contributed by atoms with Gasteiger partial charge in [-0.25, -0.2) is 8.78 Å². The van der Waals surface area contributed by atoms with E-state index in [1.54, 1.807) is 6.07 Å². The third-order valence-corrected chi connectivity index (χ3v) is 3.13. The molecule has 0 bridgehead atoms. The highest BCUT2D eigenvalue weighted by Crippen LogP contribution is 2.38. The van der Waals surface area contributed by atoms with E-state index in [1.807, 2.05) is 6.92 Å². The lowest BCUT2D eigenvalue weighted by Gasteiger charge is -2.27. The molecule has 1 aromatic carbocycles. The Hall–Kier alpha value is -1.20. The Morgan fingerprint density at radius 3 is 2.78 bits per heavy atom. The third kappa shape index (κ3) is 2.47. The molecule has 1 aliphatic rings. The number of halogens is 2. The predicted molar refractivity (Wildman–Crippen MR) is 64.3 cm³/mol. The summed E-state index contributed by atoms with van der Waals surface area (Å²) >= 11 is 0. The fourth-order valence-electron chi connectivity index (χ4n) is 2.27. The van der Waals surface area contributed by atoms with E-state index >= 15 is 0 Å². The van der Waals surface area contributed by atoms with Crippen LogP contribution in [0.25, 0.3) is 0 Å². The fourth-order valence-corrected chi connectivity index (χ4v) is 2.27. The molecule has 1 N–H and O–H groups in total. The highest BCUT2D eigenvalue weighted by Gasteiger charge is 2.26. The maximum atomic E-state index is 13.0. The lowest BCUT2D eigenvalue weighted by Crippen LogP contribution is -2.34. The Kier molecular flexibility index (Phi) is 4.14. The molecule has 1 fully saturated rings. The summed E-state index contributed by atoms with van der Waals surface area (Å²) in [5.74, 6) is 0.249. The van der Waals surface area contributed by atoms with Crippen LogP contribution in [0.3, 0.4) is 0 Å². The first kappa shape index (κ1) is 13.2. The van der Waals surface area contributed by atoms with Crippen molar-refractivity contribution in [2.45, 2.75) is 19.5 Å². The molecule has 1 heterocycles. The van der Waals surface area contributed by atoms with Crippen LogP contribution in [0.15, 0.2) is 12.1 Å². The van der Waals surface area contributed by atoms with Crippen LogP contribution in [0, 0.1) is 6.92 Å². The summed E-state index contributed by atoms with van der Waals surface area (Å²) in [5.41, 5.74) is 1.56. The SMILES string of the molecule is COc1c(C(F)F)ccc(C)c1C1CNCCO1. The van der Waals surface area contributed by atoms with Crippen LogP contribution >= 0.6 is 0 Å². The van der Waals surface area contributed by atoms with Crippen molar-refractivity contribution in [1.29, 1.82) is 0 Å². The lowest BCUT2D eigenvalue weighted by molar-refractivity contribution is 0.0254. The summed E-state index contributed by atoms with van der Waals surface area (Å²) < 4.78 is 36.7. The summed E-state index contributed by atoms with van der Waals surface area (Å²) in [6.07, 6.45) is -2.77. The normalized spacial score (nSPS) is 20.2. The molecule has 1 unspecified atom stereocenters. The van der Waals surface area contributed by atoms with Gasteiger partial charge in [-0.1, -0.05) is 6.07 Å². The summed E-state index contributed by atoms with van der Waals surface area (Å²) in [6.45, 7) is 3.85. The average molecular weight is 257 g/mol. The second kappa shape index (κ2) is 5.63. The maximum Gasteiger partial charge on any atom is 0.267 e. The molecule has 0 saturated carbocycles. The number of nitrogens with one attached hydrogen (secondary N) is 1. The van der Waals surface area contributed by atoms with Gasteiger partial charge in [0.25, 0.3) is 6.43 Å². The standard InChI is InChI=1S/C13H17F2NO2/c1-8-3-4-9(13(14)15)12(17-2)11(8)10-7-16-5-6-18-10/h3-4,10,13,16H,5-7H2,1-2H3. The monoisotopic (exact) mass is 257 g/mol. The van der Waals surface area contributed by atoms with Crippen LogP contribution in [0.5, 0.6) is 5.75 Å². The zero-order valence-electron chi connectivity index (χ0n) is 10.5. The summed E-state index contributed by atoms with van der Waals surface area (Å²) in [7, 11) is 1.42. The lowest BCUT2D eigenvalue weighted by atomic mass is 9.97. The van der Waals surface area contributed by atoms with Gasteiger partial charge in [-0.3, -0.25) is 0 Å². The van der Waals surface area contributed by atoms with E-state index in [4.69, 9.17) is 9.47 Å². The molecule has 1 aromatic rings. The number of hydrogen-bond acceptors (Lipinski definition) is 3. The molecular weight excluding hydrogens is 240 g/mol. The van der Waals surface area contributed by atoms with Gasteiger partial charge < -0.3 is 14.8 Å². The van der Waals surface area contributed by atoms with Gasteiger partial charge in [-0.05, 0) is 18.6 Å². The molecule has 5 heteroatoms. The van der Waals surface area contributed by atoms with Crippen LogP contribution in [0.4, 0.5) is 8.78 Å². The van der Waals surface area contributed by atoms with E-state index < -0.39 is 6.43 Å². The number of aryl methyl sites for hydroxylation is 1. The molecule has 1 atom stereocenters. The van der Waals surface area contributed by atoms with E-state index in [1.165, 1.54) is 13.2 Å². The summed E-state index contributed by atoms with van der Waals surface area (Å²) in [5, 5.41) is 3.19. The molecule has 0 aliphatic carbocycles. The number of alkyl halides is 2. The van der Waals surface area contributed by atoms with Gasteiger partial charge in [0, 0.05) is 18.7 Å². The number of ether oxygens (including phenoxy) is 2. The van der Waals surface area contributed by atoms with Gasteiger partial charge in [-0.2, -0.15) is 0 Å². The van der Waals surface area contributed by atoms with Crippen molar-refractivity contribution in [2.75, 3.05) is 26.8 Å². The van der Waals surface area contributed by atoms with E-state index in [2.05, 4.69) is 5.32 Å². The van der Waals surface area contributed by atoms with Crippen molar-refractivity contribution in [3.05, 3.63) is 28.8 Å². The van der Waals surface area contributed by atoms with Crippen LogP contribution in [-0.4, -0.2) is 26.8 Å². The van der Waals surface area contributed by atoms with Gasteiger partial charge in [0.15, 0.2) is 0 Å². The fraction of sp³-hybridized carbons (Fsp3) is 0.538. The van der Waals surface area contributed by atoms with E-state index in [0.29, 0.717) is 13.2 Å². The molecule has 0 spiro atoms. The smallest absolute Gasteiger partial charge is 0.267 e. The Morgan fingerprint density at radius 1 is 1.44 bits per heavy atom. The predicted octanol–water partition coefficient (Wildman–Crippen LogP) is 2.60. The molecular formula is C13H17F2NO2. The van der Waals surface area contributed by atoms with Gasteiger partial charge in [0.1, 0.15) is 5.75 Å². The maximum absolute atomic E-state index is 13.0. The average Bonchev–Trinajstić information content (AvgIpc) is 2.38. The van der Waals surface area contributed by atoms with Crippen molar-refractivity contribution in [2.24, 2.45) is 0 Å². The molecule has 0 aromatic heterocycles. The largest absolute Gasteiger partial charge is 0.496 e. The number of morpholine rings is 1. The van der Waals surface area contributed by atoms with Gasteiger partial charge in [-0.15, -0.1) is 0 Å². The van der Waals surface area contributed by atoms with Crippen LogP contribution in [0.2, 0.25) is 0 Å². The topological polar surface area (TPSA) is 30.5 Å². The Morgan fingerprint density at radius 2 is 2.22 bits per heavy atom. The van der Waals surface area contributed by atoms with Crippen molar-refractivity contribution < 1.29 is 18.3 Å². The van der Waals surface area contributed by atoms with E-state index in [9.17, 15) is 8.78 Å².